The lowest BCUT2D eigenvalue weighted by Crippen LogP contribution is -2.07. The summed E-state index contributed by atoms with van der Waals surface area (Å²) in [5.41, 5.74) is 1.86. The zero-order chi connectivity index (χ0) is 15.5. The highest BCUT2D eigenvalue weighted by atomic mass is 32.1. The molecular formula is C15H13N3O3S. The number of aryl methyl sites for hydroxylation is 2. The molecule has 0 unspecified atom stereocenters. The van der Waals surface area contributed by atoms with E-state index in [1.807, 2.05) is 12.3 Å². The number of ether oxygens (including phenoxy) is 1. The van der Waals surface area contributed by atoms with E-state index in [0.717, 1.165) is 10.7 Å². The van der Waals surface area contributed by atoms with Gasteiger partial charge in [0.2, 0.25) is 11.8 Å². The van der Waals surface area contributed by atoms with Gasteiger partial charge in [0.25, 0.3) is 0 Å². The van der Waals surface area contributed by atoms with Crippen molar-refractivity contribution in [1.29, 1.82) is 0 Å². The highest BCUT2D eigenvalue weighted by Crippen LogP contribution is 2.23. The molecule has 2 aromatic heterocycles. The Bertz CT molecular complexity index is 810. The molecule has 2 heterocycles. The minimum Gasteiger partial charge on any atom is -0.455 e. The molecule has 0 fully saturated rings. The van der Waals surface area contributed by atoms with Crippen LogP contribution in [-0.2, 0) is 11.3 Å². The summed E-state index contributed by atoms with van der Waals surface area (Å²) in [5, 5.41) is 10.4. The second kappa shape index (κ2) is 6.07. The van der Waals surface area contributed by atoms with Gasteiger partial charge in [0.1, 0.15) is 11.6 Å². The number of esters is 1. The monoisotopic (exact) mass is 315 g/mol. The molecule has 6 nitrogen and oxygen atoms in total. The number of nitrogens with zero attached hydrogens (tertiary/aromatic N) is 3. The van der Waals surface area contributed by atoms with E-state index >= 15 is 0 Å². The van der Waals surface area contributed by atoms with Crippen LogP contribution in [0.2, 0.25) is 0 Å². The van der Waals surface area contributed by atoms with Crippen molar-refractivity contribution in [1.82, 2.24) is 15.2 Å². The van der Waals surface area contributed by atoms with Crippen LogP contribution in [0.5, 0.6) is 0 Å². The minimum absolute atomic E-state index is 0.147. The lowest BCUT2D eigenvalue weighted by atomic mass is 10.1. The highest BCUT2D eigenvalue weighted by Gasteiger charge is 2.18. The van der Waals surface area contributed by atoms with Crippen LogP contribution in [0.25, 0.3) is 11.5 Å². The van der Waals surface area contributed by atoms with Gasteiger partial charge in [-0.15, -0.1) is 21.5 Å². The Morgan fingerprint density at radius 1 is 1.27 bits per heavy atom. The van der Waals surface area contributed by atoms with Gasteiger partial charge in [-0.1, -0.05) is 12.1 Å². The molecule has 0 radical (unpaired) electrons. The summed E-state index contributed by atoms with van der Waals surface area (Å²) < 4.78 is 10.7. The van der Waals surface area contributed by atoms with E-state index in [0.29, 0.717) is 22.9 Å². The Kier molecular flexibility index (Phi) is 3.97. The van der Waals surface area contributed by atoms with Crippen LogP contribution in [0.4, 0.5) is 0 Å². The Balaban J connectivity index is 1.80. The quantitative estimate of drug-likeness (QED) is 0.688. The van der Waals surface area contributed by atoms with Gasteiger partial charge in [0.15, 0.2) is 0 Å². The second-order valence-corrected chi connectivity index (χ2v) is 5.57. The smallest absolute Gasteiger partial charge is 0.339 e. The summed E-state index contributed by atoms with van der Waals surface area (Å²) in [6.07, 6.45) is 0. The summed E-state index contributed by atoms with van der Waals surface area (Å²) >= 11 is 1.46. The molecule has 3 rings (SSSR count). The fourth-order valence-corrected chi connectivity index (χ4v) is 2.61. The molecule has 0 bridgehead atoms. The molecule has 0 saturated carbocycles. The maximum atomic E-state index is 12.3. The largest absolute Gasteiger partial charge is 0.455 e. The number of hydrogen-bond donors (Lipinski definition) is 0. The molecule has 0 atom stereocenters. The zero-order valence-corrected chi connectivity index (χ0v) is 12.9. The second-order valence-electron chi connectivity index (χ2n) is 4.63. The number of benzene rings is 1. The van der Waals surface area contributed by atoms with Crippen molar-refractivity contribution in [3.05, 3.63) is 51.8 Å². The first kappa shape index (κ1) is 14.4. The van der Waals surface area contributed by atoms with E-state index in [4.69, 9.17) is 9.15 Å². The van der Waals surface area contributed by atoms with Crippen LogP contribution >= 0.6 is 11.3 Å². The standard InChI is InChI=1S/C15H13N3O3S/c1-9-8-22-13(16-9)7-20-15(19)12-6-4-3-5-11(12)14-18-17-10(2)21-14/h3-6,8H,7H2,1-2H3. The van der Waals surface area contributed by atoms with Crippen LogP contribution < -0.4 is 0 Å². The van der Waals surface area contributed by atoms with E-state index in [1.165, 1.54) is 11.3 Å². The van der Waals surface area contributed by atoms with Crippen molar-refractivity contribution in [2.24, 2.45) is 0 Å². The molecule has 0 aliphatic carbocycles. The Labute approximate surface area is 130 Å². The summed E-state index contributed by atoms with van der Waals surface area (Å²) in [6.45, 7) is 3.74. The van der Waals surface area contributed by atoms with E-state index in [2.05, 4.69) is 15.2 Å². The van der Waals surface area contributed by atoms with E-state index in [9.17, 15) is 4.79 Å². The Hall–Kier alpha value is -2.54. The molecule has 1 aromatic carbocycles. The fourth-order valence-electron chi connectivity index (χ4n) is 1.93. The minimum atomic E-state index is -0.445. The molecule has 0 saturated heterocycles. The molecular weight excluding hydrogens is 302 g/mol. The number of aromatic nitrogens is 3. The van der Waals surface area contributed by atoms with Crippen LogP contribution in [0.3, 0.4) is 0 Å². The van der Waals surface area contributed by atoms with Gasteiger partial charge in [-0.2, -0.15) is 0 Å². The number of thiazole rings is 1. The van der Waals surface area contributed by atoms with Crippen molar-refractivity contribution in [2.75, 3.05) is 0 Å². The molecule has 22 heavy (non-hydrogen) atoms. The van der Waals surface area contributed by atoms with Gasteiger partial charge < -0.3 is 9.15 Å². The van der Waals surface area contributed by atoms with Gasteiger partial charge in [-0.25, -0.2) is 9.78 Å². The first-order valence-electron chi connectivity index (χ1n) is 6.61. The van der Waals surface area contributed by atoms with Gasteiger partial charge >= 0.3 is 5.97 Å². The predicted molar refractivity (Wildman–Crippen MR) is 80.4 cm³/mol. The number of carbonyl (C=O) groups excluding carboxylic acids is 1. The van der Waals surface area contributed by atoms with Gasteiger partial charge in [0.05, 0.1) is 11.1 Å². The maximum Gasteiger partial charge on any atom is 0.339 e. The van der Waals surface area contributed by atoms with E-state index < -0.39 is 5.97 Å². The van der Waals surface area contributed by atoms with Gasteiger partial charge in [0, 0.05) is 18.0 Å². The SMILES string of the molecule is Cc1csc(COC(=O)c2ccccc2-c2nnc(C)o2)n1. The van der Waals surface area contributed by atoms with Crippen molar-refractivity contribution in [2.45, 2.75) is 20.5 Å². The molecule has 0 N–H and O–H groups in total. The molecule has 0 amide bonds. The van der Waals surface area contributed by atoms with Crippen molar-refractivity contribution in [3.8, 4) is 11.5 Å². The molecule has 0 aliphatic rings. The third-order valence-corrected chi connectivity index (χ3v) is 3.84. The highest BCUT2D eigenvalue weighted by molar-refractivity contribution is 7.09. The molecule has 0 spiro atoms. The van der Waals surface area contributed by atoms with Crippen LogP contribution in [-0.4, -0.2) is 21.2 Å². The van der Waals surface area contributed by atoms with Crippen LogP contribution in [0, 0.1) is 13.8 Å². The van der Waals surface area contributed by atoms with Crippen molar-refractivity contribution >= 4 is 17.3 Å². The summed E-state index contributed by atoms with van der Waals surface area (Å²) in [6, 6.07) is 6.98. The summed E-state index contributed by atoms with van der Waals surface area (Å²) in [5.74, 6) is 0.297. The van der Waals surface area contributed by atoms with Crippen LogP contribution in [0.15, 0.2) is 34.1 Å². The van der Waals surface area contributed by atoms with Crippen molar-refractivity contribution in [3.63, 3.8) is 0 Å². The third kappa shape index (κ3) is 3.04. The van der Waals surface area contributed by atoms with Gasteiger partial charge in [-0.3, -0.25) is 0 Å². The summed E-state index contributed by atoms with van der Waals surface area (Å²) in [4.78, 5) is 16.6. The Morgan fingerprint density at radius 2 is 2.09 bits per heavy atom. The molecule has 112 valence electrons. The van der Waals surface area contributed by atoms with E-state index in [-0.39, 0.29) is 6.61 Å². The lowest BCUT2D eigenvalue weighted by molar-refractivity contribution is 0.0473. The van der Waals surface area contributed by atoms with Crippen molar-refractivity contribution < 1.29 is 13.9 Å². The molecule has 0 aliphatic heterocycles. The van der Waals surface area contributed by atoms with Crippen LogP contribution in [0.1, 0.15) is 27.0 Å². The zero-order valence-electron chi connectivity index (χ0n) is 12.1. The first-order chi connectivity index (χ1) is 10.6. The van der Waals surface area contributed by atoms with E-state index in [1.54, 1.807) is 31.2 Å². The summed E-state index contributed by atoms with van der Waals surface area (Å²) in [7, 11) is 0. The topological polar surface area (TPSA) is 78.1 Å². The third-order valence-electron chi connectivity index (χ3n) is 2.90. The Morgan fingerprint density at radius 3 is 2.77 bits per heavy atom. The first-order valence-corrected chi connectivity index (χ1v) is 7.49. The number of rotatable bonds is 4. The lowest BCUT2D eigenvalue weighted by Gasteiger charge is -2.06. The van der Waals surface area contributed by atoms with Gasteiger partial charge in [-0.05, 0) is 19.1 Å². The maximum absolute atomic E-state index is 12.3. The molecule has 7 heteroatoms. The number of carbonyl (C=O) groups is 1. The predicted octanol–water partition coefficient (Wildman–Crippen LogP) is 3.17. The fraction of sp³-hybridized carbons (Fsp3) is 0.200. The average Bonchev–Trinajstić information content (AvgIpc) is 3.13. The number of hydrogen-bond acceptors (Lipinski definition) is 7. The average molecular weight is 315 g/mol. The molecule has 3 aromatic rings. The normalized spacial score (nSPS) is 10.6.